The fraction of sp³-hybridized carbons (Fsp3) is 0.556. The van der Waals surface area contributed by atoms with Crippen LogP contribution < -0.4 is 0 Å². The second kappa shape index (κ2) is 17.4. The molecule has 3 aromatic rings. The topological polar surface area (TPSA) is 0 Å². The maximum absolute atomic E-state index is 2.53. The summed E-state index contributed by atoms with van der Waals surface area (Å²) in [6.45, 7) is 4.61. The predicted octanol–water partition coefficient (Wildman–Crippen LogP) is 11.9. The van der Waals surface area contributed by atoms with Gasteiger partial charge >= 0.3 is 0 Å². The van der Waals surface area contributed by atoms with Gasteiger partial charge in [-0.2, -0.15) is 0 Å². The van der Waals surface area contributed by atoms with Gasteiger partial charge in [0.05, 0.1) is 0 Å². The van der Waals surface area contributed by atoms with Crippen LogP contribution in [0.25, 0.3) is 21.9 Å². The Hall–Kier alpha value is -2.08. The summed E-state index contributed by atoms with van der Waals surface area (Å²) in [6.07, 6.45) is 24.6. The summed E-state index contributed by atoms with van der Waals surface area (Å²) >= 11 is 0. The molecule has 0 aliphatic heterocycles. The van der Waals surface area contributed by atoms with Gasteiger partial charge in [0.25, 0.3) is 0 Å². The van der Waals surface area contributed by atoms with E-state index in [0.717, 1.165) is 0 Å². The predicted molar refractivity (Wildman–Crippen MR) is 162 cm³/mol. The maximum atomic E-state index is 2.53. The van der Waals surface area contributed by atoms with Gasteiger partial charge in [-0.3, -0.25) is 0 Å². The molecule has 196 valence electrons. The van der Waals surface area contributed by atoms with E-state index in [1.54, 1.807) is 11.1 Å². The largest absolute Gasteiger partial charge is 0.0654 e. The van der Waals surface area contributed by atoms with Crippen LogP contribution >= 0.6 is 0 Å². The molecular formula is C36H52. The number of rotatable bonds is 19. The molecule has 36 heavy (non-hydrogen) atoms. The summed E-state index contributed by atoms with van der Waals surface area (Å²) in [6, 6.07) is 22.8. The molecule has 3 aromatic carbocycles. The summed E-state index contributed by atoms with van der Waals surface area (Å²) in [5, 5.41) is 2.84. The molecule has 0 saturated heterocycles. The van der Waals surface area contributed by atoms with Gasteiger partial charge in [0.1, 0.15) is 0 Å². The van der Waals surface area contributed by atoms with E-state index in [1.165, 1.54) is 137 Å². The van der Waals surface area contributed by atoms with Crippen molar-refractivity contribution in [1.29, 1.82) is 0 Å². The van der Waals surface area contributed by atoms with Gasteiger partial charge in [0, 0.05) is 0 Å². The number of unbranched alkanes of at least 4 members (excludes halogenated alkanes) is 14. The summed E-state index contributed by atoms with van der Waals surface area (Å²) in [5.74, 6) is 0. The molecule has 0 spiro atoms. The highest BCUT2D eigenvalue weighted by atomic mass is 14.2. The first-order chi connectivity index (χ1) is 17.8. The smallest absolute Gasteiger partial charge is 0.00706 e. The van der Waals surface area contributed by atoms with Crippen LogP contribution in [0.3, 0.4) is 0 Å². The molecule has 0 saturated carbocycles. The van der Waals surface area contributed by atoms with E-state index in [0.29, 0.717) is 0 Å². The van der Waals surface area contributed by atoms with Crippen molar-refractivity contribution >= 4 is 10.8 Å². The minimum absolute atomic E-state index is 1.22. The summed E-state index contributed by atoms with van der Waals surface area (Å²) in [5.41, 5.74) is 6.14. The highest BCUT2D eigenvalue weighted by Gasteiger charge is 2.15. The van der Waals surface area contributed by atoms with E-state index >= 15 is 0 Å². The summed E-state index contributed by atoms with van der Waals surface area (Å²) in [7, 11) is 0. The van der Waals surface area contributed by atoms with Crippen molar-refractivity contribution in [2.24, 2.45) is 0 Å². The Balaban J connectivity index is 1.72. The van der Waals surface area contributed by atoms with Gasteiger partial charge in [-0.1, -0.05) is 164 Å². The highest BCUT2D eigenvalue weighted by Crippen LogP contribution is 2.36. The first-order valence-corrected chi connectivity index (χ1v) is 15.4. The molecule has 0 unspecified atom stereocenters. The Morgan fingerprint density at radius 1 is 0.472 bits per heavy atom. The SMILES string of the molecule is CCCCCCCCCCc1cc2ccccc2c(-c2ccccc2)c1CCCCCCCCCC. The zero-order valence-corrected chi connectivity index (χ0v) is 23.5. The van der Waals surface area contributed by atoms with E-state index in [9.17, 15) is 0 Å². The average molecular weight is 485 g/mol. The van der Waals surface area contributed by atoms with E-state index in [2.05, 4.69) is 74.5 Å². The highest BCUT2D eigenvalue weighted by molar-refractivity contribution is 5.99. The zero-order chi connectivity index (χ0) is 25.3. The molecule has 0 radical (unpaired) electrons. The van der Waals surface area contributed by atoms with Crippen LogP contribution in [0, 0.1) is 0 Å². The van der Waals surface area contributed by atoms with Gasteiger partial charge in [-0.15, -0.1) is 0 Å². The number of aryl methyl sites for hydroxylation is 1. The third-order valence-electron chi connectivity index (χ3n) is 7.89. The first-order valence-electron chi connectivity index (χ1n) is 15.4. The van der Waals surface area contributed by atoms with Gasteiger partial charge in [-0.25, -0.2) is 0 Å². The van der Waals surface area contributed by atoms with Gasteiger partial charge in [0.2, 0.25) is 0 Å². The van der Waals surface area contributed by atoms with E-state index in [1.807, 2.05) is 0 Å². The fourth-order valence-electron chi connectivity index (χ4n) is 5.78. The molecule has 0 fully saturated rings. The Kier molecular flexibility index (Phi) is 13.8. The van der Waals surface area contributed by atoms with Gasteiger partial charge in [0.15, 0.2) is 0 Å². The van der Waals surface area contributed by atoms with E-state index in [-0.39, 0.29) is 0 Å². The second-order valence-corrected chi connectivity index (χ2v) is 10.9. The molecule has 0 heteroatoms. The van der Waals surface area contributed by atoms with Crippen molar-refractivity contribution in [2.75, 3.05) is 0 Å². The minimum Gasteiger partial charge on any atom is -0.0654 e. The molecule has 0 heterocycles. The van der Waals surface area contributed by atoms with Crippen molar-refractivity contribution < 1.29 is 0 Å². The van der Waals surface area contributed by atoms with Crippen molar-refractivity contribution in [2.45, 2.75) is 129 Å². The molecule has 0 aliphatic carbocycles. The molecule has 0 amide bonds. The fourth-order valence-corrected chi connectivity index (χ4v) is 5.78. The zero-order valence-electron chi connectivity index (χ0n) is 23.5. The average Bonchev–Trinajstić information content (AvgIpc) is 2.92. The molecule has 0 aromatic heterocycles. The lowest BCUT2D eigenvalue weighted by molar-refractivity contribution is 0.571. The molecule has 0 N–H and O–H groups in total. The lowest BCUT2D eigenvalue weighted by Gasteiger charge is -2.19. The second-order valence-electron chi connectivity index (χ2n) is 10.9. The maximum Gasteiger partial charge on any atom is -0.00706 e. The van der Waals surface area contributed by atoms with Crippen molar-refractivity contribution in [3.05, 3.63) is 71.8 Å². The van der Waals surface area contributed by atoms with Crippen LogP contribution in [-0.4, -0.2) is 0 Å². The van der Waals surface area contributed by atoms with Crippen molar-refractivity contribution in [3.63, 3.8) is 0 Å². The Bertz CT molecular complexity index is 968. The molecule has 0 bridgehead atoms. The summed E-state index contributed by atoms with van der Waals surface area (Å²) < 4.78 is 0. The third-order valence-corrected chi connectivity index (χ3v) is 7.89. The monoisotopic (exact) mass is 484 g/mol. The van der Waals surface area contributed by atoms with Crippen molar-refractivity contribution in [3.8, 4) is 11.1 Å². The quantitative estimate of drug-likeness (QED) is 0.148. The Labute approximate surface area is 222 Å². The lowest BCUT2D eigenvalue weighted by atomic mass is 9.85. The number of fused-ring (bicyclic) bond motifs is 1. The Morgan fingerprint density at radius 3 is 1.58 bits per heavy atom. The molecule has 3 rings (SSSR count). The Morgan fingerprint density at radius 2 is 0.972 bits per heavy atom. The molecular weight excluding hydrogens is 432 g/mol. The molecule has 0 aliphatic rings. The minimum atomic E-state index is 1.22. The van der Waals surface area contributed by atoms with Crippen LogP contribution in [-0.2, 0) is 12.8 Å². The number of hydrogen-bond acceptors (Lipinski definition) is 0. The first kappa shape index (κ1) is 28.5. The van der Waals surface area contributed by atoms with Crippen LogP contribution in [0.5, 0.6) is 0 Å². The standard InChI is InChI=1S/C36H52/c1-3-5-7-9-11-13-15-18-26-32-30-33-27-22-23-29-35(33)36(31-24-19-17-20-25-31)34(32)28-21-16-14-12-10-8-6-4-2/h17,19-20,22-25,27,29-30H,3-16,18,21,26,28H2,1-2H3. The van der Waals surface area contributed by atoms with Gasteiger partial charge < -0.3 is 0 Å². The van der Waals surface area contributed by atoms with Crippen LogP contribution in [0.15, 0.2) is 60.7 Å². The third kappa shape index (κ3) is 9.42. The lowest BCUT2D eigenvalue weighted by Crippen LogP contribution is -2.01. The number of benzene rings is 3. The molecule has 0 nitrogen and oxygen atoms in total. The number of hydrogen-bond donors (Lipinski definition) is 0. The van der Waals surface area contributed by atoms with Crippen LogP contribution in [0.1, 0.15) is 128 Å². The normalized spacial score (nSPS) is 11.4. The summed E-state index contributed by atoms with van der Waals surface area (Å²) in [4.78, 5) is 0. The van der Waals surface area contributed by atoms with Crippen LogP contribution in [0.4, 0.5) is 0 Å². The van der Waals surface area contributed by atoms with Crippen LogP contribution in [0.2, 0.25) is 0 Å². The van der Waals surface area contributed by atoms with E-state index in [4.69, 9.17) is 0 Å². The van der Waals surface area contributed by atoms with E-state index < -0.39 is 0 Å². The van der Waals surface area contributed by atoms with Gasteiger partial charge in [-0.05, 0) is 58.7 Å². The van der Waals surface area contributed by atoms with Crippen molar-refractivity contribution in [1.82, 2.24) is 0 Å². The molecule has 0 atom stereocenters.